The number of rotatable bonds is 4. The maximum Gasteiger partial charge on any atom is 0.298 e. The van der Waals surface area contributed by atoms with E-state index in [1.807, 2.05) is 17.0 Å². The Hall–Kier alpha value is -3.46. The van der Waals surface area contributed by atoms with Crippen LogP contribution in [0, 0.1) is 5.82 Å². The summed E-state index contributed by atoms with van der Waals surface area (Å²) in [5.41, 5.74) is 2.56. The number of fused-ring (bicyclic) bond motifs is 2. The Balaban J connectivity index is 1.33. The fourth-order valence-corrected chi connectivity index (χ4v) is 3.79. The third-order valence-electron chi connectivity index (χ3n) is 5.40. The topological polar surface area (TPSA) is 87.6 Å². The van der Waals surface area contributed by atoms with E-state index in [1.54, 1.807) is 12.1 Å². The van der Waals surface area contributed by atoms with Gasteiger partial charge in [0.2, 0.25) is 0 Å². The number of aliphatic hydroxyl groups is 1. The van der Waals surface area contributed by atoms with E-state index in [1.165, 1.54) is 23.0 Å². The summed E-state index contributed by atoms with van der Waals surface area (Å²) >= 11 is 0. The minimum atomic E-state index is -0.344. The first-order valence-electron chi connectivity index (χ1n) is 9.78. The normalized spacial score (nSPS) is 14.7. The van der Waals surface area contributed by atoms with Crippen LogP contribution in [-0.4, -0.2) is 52.4 Å². The molecule has 1 aliphatic heterocycles. The molecule has 2 aromatic heterocycles. The molecule has 1 fully saturated rings. The minimum absolute atomic E-state index is 0.107. The fraction of sp³-hybridized carbons (Fsp3) is 0.286. The van der Waals surface area contributed by atoms with Gasteiger partial charge in [0.05, 0.1) is 30.4 Å². The maximum atomic E-state index is 13.4. The lowest BCUT2D eigenvalue weighted by atomic mass is 10.2. The molecule has 0 aliphatic carbocycles. The average Bonchev–Trinajstić information content (AvgIpc) is 3.19. The molecular formula is C21H20FN5O3. The molecule has 0 atom stereocenters. The summed E-state index contributed by atoms with van der Waals surface area (Å²) < 4.78 is 20.5. The molecule has 0 unspecified atom stereocenters. The first-order valence-corrected chi connectivity index (χ1v) is 9.78. The molecule has 30 heavy (non-hydrogen) atoms. The van der Waals surface area contributed by atoms with Crippen LogP contribution in [0.4, 0.5) is 16.1 Å². The molecule has 0 spiro atoms. The van der Waals surface area contributed by atoms with Gasteiger partial charge in [0, 0.05) is 37.9 Å². The van der Waals surface area contributed by atoms with Crippen molar-refractivity contribution >= 4 is 33.7 Å². The Bertz CT molecular complexity index is 1280. The van der Waals surface area contributed by atoms with E-state index in [-0.39, 0.29) is 24.5 Å². The summed E-state index contributed by atoms with van der Waals surface area (Å²) in [4.78, 5) is 25.5. The van der Waals surface area contributed by atoms with Crippen molar-refractivity contribution in [2.45, 2.75) is 6.54 Å². The van der Waals surface area contributed by atoms with Gasteiger partial charge in [-0.15, -0.1) is 0 Å². The number of benzene rings is 2. The van der Waals surface area contributed by atoms with Crippen LogP contribution in [0.15, 0.2) is 51.9 Å². The van der Waals surface area contributed by atoms with Gasteiger partial charge in [-0.05, 0) is 30.3 Å². The Morgan fingerprint density at radius 2 is 1.83 bits per heavy atom. The number of hydrogen-bond donors (Lipinski definition) is 1. The van der Waals surface area contributed by atoms with Crippen molar-refractivity contribution in [2.24, 2.45) is 0 Å². The molecule has 5 rings (SSSR count). The predicted octanol–water partition coefficient (Wildman–Crippen LogP) is 2.00. The zero-order chi connectivity index (χ0) is 20.7. The third kappa shape index (κ3) is 3.26. The lowest BCUT2D eigenvalue weighted by Gasteiger charge is -2.35. The molecule has 3 heterocycles. The summed E-state index contributed by atoms with van der Waals surface area (Å²) in [6, 6.07) is 10.5. The van der Waals surface area contributed by atoms with E-state index in [9.17, 15) is 9.18 Å². The second-order valence-corrected chi connectivity index (χ2v) is 7.25. The standard InChI is InChI=1S/C21H20FN5O3/c22-14-1-4-17-19(11-14)30-21(24-17)26-7-5-25(6-8-26)15-2-3-16-18(12-15)23-13-27(9-10-28)20(16)29/h1-4,11-13,28H,5-10H2. The van der Waals surface area contributed by atoms with Gasteiger partial charge in [-0.3, -0.25) is 9.36 Å². The first kappa shape index (κ1) is 18.6. The molecule has 4 aromatic rings. The van der Waals surface area contributed by atoms with Crippen LogP contribution >= 0.6 is 0 Å². The molecule has 1 N–H and O–H groups in total. The second kappa shape index (κ2) is 7.42. The predicted molar refractivity (Wildman–Crippen MR) is 111 cm³/mol. The number of aromatic nitrogens is 3. The van der Waals surface area contributed by atoms with Crippen LogP contribution in [0.1, 0.15) is 0 Å². The smallest absolute Gasteiger partial charge is 0.298 e. The molecule has 0 radical (unpaired) electrons. The van der Waals surface area contributed by atoms with E-state index in [0.717, 1.165) is 18.8 Å². The van der Waals surface area contributed by atoms with Crippen LogP contribution in [0.5, 0.6) is 0 Å². The lowest BCUT2D eigenvalue weighted by Crippen LogP contribution is -2.46. The van der Waals surface area contributed by atoms with Crippen LogP contribution < -0.4 is 15.4 Å². The number of hydrogen-bond acceptors (Lipinski definition) is 7. The highest BCUT2D eigenvalue weighted by Crippen LogP contribution is 2.25. The molecule has 0 bridgehead atoms. The third-order valence-corrected chi connectivity index (χ3v) is 5.40. The van der Waals surface area contributed by atoms with E-state index < -0.39 is 0 Å². The van der Waals surface area contributed by atoms with Crippen molar-refractivity contribution in [1.29, 1.82) is 0 Å². The van der Waals surface area contributed by atoms with Crippen molar-refractivity contribution in [3.05, 3.63) is 58.9 Å². The number of anilines is 2. The molecule has 154 valence electrons. The first-order chi connectivity index (χ1) is 14.6. The summed E-state index contributed by atoms with van der Waals surface area (Å²) in [7, 11) is 0. The minimum Gasteiger partial charge on any atom is -0.423 e. The van der Waals surface area contributed by atoms with Gasteiger partial charge in [-0.25, -0.2) is 9.37 Å². The van der Waals surface area contributed by atoms with Crippen molar-refractivity contribution < 1.29 is 13.9 Å². The molecule has 0 amide bonds. The number of nitrogens with zero attached hydrogens (tertiary/aromatic N) is 5. The van der Waals surface area contributed by atoms with E-state index in [4.69, 9.17) is 9.52 Å². The molecular weight excluding hydrogens is 389 g/mol. The number of piperazine rings is 1. The zero-order valence-corrected chi connectivity index (χ0v) is 16.2. The summed E-state index contributed by atoms with van der Waals surface area (Å²) in [5, 5.41) is 9.60. The van der Waals surface area contributed by atoms with Gasteiger partial charge in [0.1, 0.15) is 11.3 Å². The lowest BCUT2D eigenvalue weighted by molar-refractivity contribution is 0.274. The van der Waals surface area contributed by atoms with Crippen molar-refractivity contribution in [3.8, 4) is 0 Å². The van der Waals surface area contributed by atoms with E-state index >= 15 is 0 Å². The number of oxazole rings is 1. The summed E-state index contributed by atoms with van der Waals surface area (Å²) in [6.45, 7) is 3.04. The summed E-state index contributed by atoms with van der Waals surface area (Å²) in [6.07, 6.45) is 1.47. The molecule has 8 nitrogen and oxygen atoms in total. The highest BCUT2D eigenvalue weighted by Gasteiger charge is 2.22. The molecule has 9 heteroatoms. The van der Waals surface area contributed by atoms with Crippen LogP contribution in [0.3, 0.4) is 0 Å². The Labute approximate surface area is 170 Å². The molecule has 2 aromatic carbocycles. The van der Waals surface area contributed by atoms with E-state index in [0.29, 0.717) is 41.1 Å². The fourth-order valence-electron chi connectivity index (χ4n) is 3.79. The Kier molecular flexibility index (Phi) is 4.59. The highest BCUT2D eigenvalue weighted by molar-refractivity contribution is 5.81. The zero-order valence-electron chi connectivity index (χ0n) is 16.2. The quantitative estimate of drug-likeness (QED) is 0.552. The van der Waals surface area contributed by atoms with Crippen LogP contribution in [0.25, 0.3) is 22.0 Å². The van der Waals surface area contributed by atoms with Gasteiger partial charge in [-0.1, -0.05) is 0 Å². The van der Waals surface area contributed by atoms with Gasteiger partial charge in [0.15, 0.2) is 5.58 Å². The van der Waals surface area contributed by atoms with Crippen molar-refractivity contribution in [1.82, 2.24) is 14.5 Å². The van der Waals surface area contributed by atoms with Gasteiger partial charge in [0.25, 0.3) is 11.6 Å². The van der Waals surface area contributed by atoms with Gasteiger partial charge >= 0.3 is 0 Å². The molecule has 1 saturated heterocycles. The second-order valence-electron chi connectivity index (χ2n) is 7.25. The largest absolute Gasteiger partial charge is 0.423 e. The monoisotopic (exact) mass is 409 g/mol. The molecule has 1 aliphatic rings. The maximum absolute atomic E-state index is 13.4. The Morgan fingerprint density at radius 3 is 2.63 bits per heavy atom. The molecule has 0 saturated carbocycles. The van der Waals surface area contributed by atoms with Gasteiger partial charge in [-0.2, -0.15) is 4.98 Å². The van der Waals surface area contributed by atoms with Crippen molar-refractivity contribution in [2.75, 3.05) is 42.6 Å². The average molecular weight is 409 g/mol. The van der Waals surface area contributed by atoms with Crippen LogP contribution in [0.2, 0.25) is 0 Å². The number of aliphatic hydroxyl groups excluding tert-OH is 1. The highest BCUT2D eigenvalue weighted by atomic mass is 19.1. The van der Waals surface area contributed by atoms with Gasteiger partial charge < -0.3 is 19.3 Å². The summed E-state index contributed by atoms with van der Waals surface area (Å²) in [5.74, 6) is -0.344. The SMILES string of the molecule is O=c1c2ccc(N3CCN(c4nc5ccc(F)cc5o4)CC3)cc2ncn1CCO. The van der Waals surface area contributed by atoms with Crippen molar-refractivity contribution in [3.63, 3.8) is 0 Å². The van der Waals surface area contributed by atoms with Crippen LogP contribution in [-0.2, 0) is 6.54 Å². The van der Waals surface area contributed by atoms with E-state index in [2.05, 4.69) is 14.9 Å². The Morgan fingerprint density at radius 1 is 1.03 bits per heavy atom. The number of halogens is 1.